The normalized spacial score (nSPS) is 14.8. The summed E-state index contributed by atoms with van der Waals surface area (Å²) in [5.74, 6) is 0.210. The van der Waals surface area contributed by atoms with E-state index in [-0.39, 0.29) is 11.8 Å². The molecule has 0 aromatic rings. The van der Waals surface area contributed by atoms with Crippen molar-refractivity contribution in [1.29, 1.82) is 0 Å². The Morgan fingerprint density at radius 3 is 2.50 bits per heavy atom. The second kappa shape index (κ2) is 7.63. The molecule has 0 spiro atoms. The van der Waals surface area contributed by atoms with E-state index in [1.165, 1.54) is 0 Å². The van der Waals surface area contributed by atoms with E-state index in [4.69, 9.17) is 0 Å². The van der Waals surface area contributed by atoms with Crippen molar-refractivity contribution in [2.24, 2.45) is 0 Å². The number of hydrogen-bond donors (Lipinski definition) is 1. The van der Waals surface area contributed by atoms with Crippen molar-refractivity contribution >= 4 is 10.0 Å². The zero-order valence-corrected chi connectivity index (χ0v) is 11.3. The number of allylic oxidation sites excluding steroid dienone is 2. The Morgan fingerprint density at radius 1 is 1.44 bits per heavy atom. The van der Waals surface area contributed by atoms with Gasteiger partial charge in [0.05, 0.1) is 5.75 Å². The first-order valence-electron chi connectivity index (χ1n) is 5.76. The van der Waals surface area contributed by atoms with Crippen LogP contribution in [-0.2, 0) is 10.0 Å². The van der Waals surface area contributed by atoms with Gasteiger partial charge in [-0.2, -0.15) is 0 Å². The van der Waals surface area contributed by atoms with Crippen molar-refractivity contribution in [2.75, 3.05) is 5.75 Å². The Kier molecular flexibility index (Phi) is 7.34. The van der Waals surface area contributed by atoms with Crippen LogP contribution < -0.4 is 4.72 Å². The molecule has 0 aliphatic heterocycles. The highest BCUT2D eigenvalue weighted by atomic mass is 32.2. The van der Waals surface area contributed by atoms with Gasteiger partial charge in [0.25, 0.3) is 0 Å². The van der Waals surface area contributed by atoms with E-state index in [9.17, 15) is 8.42 Å². The largest absolute Gasteiger partial charge is 0.212 e. The fraction of sp³-hybridized carbons (Fsp3) is 0.667. The van der Waals surface area contributed by atoms with Crippen molar-refractivity contribution in [3.63, 3.8) is 0 Å². The molecule has 0 aliphatic carbocycles. The van der Waals surface area contributed by atoms with E-state index in [0.717, 1.165) is 18.4 Å². The zero-order chi connectivity index (χ0) is 12.6. The standard InChI is InChI=1S/C12H23NO2S/c1-5-8-10-16(14,15)13-12(7-3)11(4)9-6-2/h6,9,12-13H,2,5,7-8,10H2,1,3-4H3/b11-9+. The fourth-order valence-electron chi connectivity index (χ4n) is 1.41. The predicted octanol–water partition coefficient (Wildman–Crippen LogP) is 2.62. The monoisotopic (exact) mass is 245 g/mol. The van der Waals surface area contributed by atoms with E-state index in [1.54, 1.807) is 6.08 Å². The summed E-state index contributed by atoms with van der Waals surface area (Å²) < 4.78 is 26.1. The van der Waals surface area contributed by atoms with Crippen LogP contribution in [0.1, 0.15) is 40.0 Å². The molecule has 1 atom stereocenters. The molecule has 94 valence electrons. The van der Waals surface area contributed by atoms with Crippen LogP contribution in [0.4, 0.5) is 0 Å². The van der Waals surface area contributed by atoms with Crippen LogP contribution in [0.3, 0.4) is 0 Å². The maximum absolute atomic E-state index is 11.7. The highest BCUT2D eigenvalue weighted by Crippen LogP contribution is 2.08. The second-order valence-electron chi connectivity index (χ2n) is 3.90. The third-order valence-electron chi connectivity index (χ3n) is 2.43. The second-order valence-corrected chi connectivity index (χ2v) is 5.77. The third-order valence-corrected chi connectivity index (χ3v) is 3.90. The van der Waals surface area contributed by atoms with Crippen molar-refractivity contribution in [2.45, 2.75) is 46.1 Å². The lowest BCUT2D eigenvalue weighted by Gasteiger charge is -2.17. The Morgan fingerprint density at radius 2 is 2.06 bits per heavy atom. The topological polar surface area (TPSA) is 46.2 Å². The predicted molar refractivity (Wildman–Crippen MR) is 69.9 cm³/mol. The van der Waals surface area contributed by atoms with Crippen molar-refractivity contribution < 1.29 is 8.42 Å². The highest BCUT2D eigenvalue weighted by molar-refractivity contribution is 7.89. The van der Waals surface area contributed by atoms with E-state index in [1.807, 2.05) is 26.8 Å². The molecule has 0 rings (SSSR count). The van der Waals surface area contributed by atoms with Gasteiger partial charge in [0, 0.05) is 6.04 Å². The van der Waals surface area contributed by atoms with Gasteiger partial charge in [-0.3, -0.25) is 0 Å². The van der Waals surface area contributed by atoms with Crippen LogP contribution in [0.25, 0.3) is 0 Å². The smallest absolute Gasteiger partial charge is 0.212 e. The van der Waals surface area contributed by atoms with Crippen LogP contribution in [0.5, 0.6) is 0 Å². The minimum atomic E-state index is -3.14. The molecular formula is C12H23NO2S. The molecule has 0 saturated carbocycles. The van der Waals surface area contributed by atoms with Crippen LogP contribution in [0.2, 0.25) is 0 Å². The molecule has 0 aromatic heterocycles. The molecule has 0 heterocycles. The van der Waals surface area contributed by atoms with Crippen LogP contribution >= 0.6 is 0 Å². The summed E-state index contributed by atoms with van der Waals surface area (Å²) in [6.07, 6.45) is 5.87. The van der Waals surface area contributed by atoms with Gasteiger partial charge in [-0.05, 0) is 19.8 Å². The number of hydrogen-bond acceptors (Lipinski definition) is 2. The maximum Gasteiger partial charge on any atom is 0.212 e. The molecule has 0 fully saturated rings. The Bertz CT molecular complexity index is 331. The Labute approximate surface area is 99.7 Å². The summed E-state index contributed by atoms with van der Waals surface area (Å²) in [5.41, 5.74) is 0.998. The summed E-state index contributed by atoms with van der Waals surface area (Å²) in [6.45, 7) is 9.47. The molecule has 16 heavy (non-hydrogen) atoms. The van der Waals surface area contributed by atoms with Crippen LogP contribution in [-0.4, -0.2) is 20.2 Å². The lowest BCUT2D eigenvalue weighted by atomic mass is 10.1. The first kappa shape index (κ1) is 15.4. The summed E-state index contributed by atoms with van der Waals surface area (Å²) in [7, 11) is -3.14. The summed E-state index contributed by atoms with van der Waals surface area (Å²) in [4.78, 5) is 0. The number of sulfonamides is 1. The number of rotatable bonds is 8. The van der Waals surface area contributed by atoms with Gasteiger partial charge >= 0.3 is 0 Å². The number of nitrogens with one attached hydrogen (secondary N) is 1. The summed E-state index contributed by atoms with van der Waals surface area (Å²) in [6, 6.07) is -0.111. The molecule has 0 bridgehead atoms. The van der Waals surface area contributed by atoms with Gasteiger partial charge in [-0.25, -0.2) is 13.1 Å². The van der Waals surface area contributed by atoms with Gasteiger partial charge in [0.2, 0.25) is 10.0 Å². The maximum atomic E-state index is 11.7. The summed E-state index contributed by atoms with van der Waals surface area (Å²) in [5, 5.41) is 0. The van der Waals surface area contributed by atoms with E-state index < -0.39 is 10.0 Å². The van der Waals surface area contributed by atoms with Crippen LogP contribution in [0, 0.1) is 0 Å². The molecular weight excluding hydrogens is 222 g/mol. The fourth-order valence-corrected chi connectivity index (χ4v) is 2.98. The van der Waals surface area contributed by atoms with E-state index in [2.05, 4.69) is 11.3 Å². The van der Waals surface area contributed by atoms with Gasteiger partial charge in [-0.1, -0.05) is 44.6 Å². The molecule has 3 nitrogen and oxygen atoms in total. The number of unbranched alkanes of at least 4 members (excludes halogenated alkanes) is 1. The molecule has 0 amide bonds. The molecule has 0 saturated heterocycles. The SMILES string of the molecule is C=C/C=C(\C)C(CC)NS(=O)(=O)CCCC. The molecule has 0 aliphatic rings. The van der Waals surface area contributed by atoms with Crippen molar-refractivity contribution in [1.82, 2.24) is 4.72 Å². The lowest BCUT2D eigenvalue weighted by Crippen LogP contribution is -2.36. The van der Waals surface area contributed by atoms with Gasteiger partial charge < -0.3 is 0 Å². The Balaban J connectivity index is 4.54. The van der Waals surface area contributed by atoms with E-state index in [0.29, 0.717) is 6.42 Å². The van der Waals surface area contributed by atoms with Crippen LogP contribution in [0.15, 0.2) is 24.3 Å². The molecule has 1 N–H and O–H groups in total. The van der Waals surface area contributed by atoms with Gasteiger partial charge in [-0.15, -0.1) is 0 Å². The van der Waals surface area contributed by atoms with E-state index >= 15 is 0 Å². The van der Waals surface area contributed by atoms with Crippen molar-refractivity contribution in [3.05, 3.63) is 24.3 Å². The quantitative estimate of drug-likeness (QED) is 0.668. The third kappa shape index (κ3) is 6.08. The minimum absolute atomic E-state index is 0.111. The van der Waals surface area contributed by atoms with Crippen molar-refractivity contribution in [3.8, 4) is 0 Å². The average Bonchev–Trinajstić information content (AvgIpc) is 2.23. The first-order chi connectivity index (χ1) is 7.46. The summed E-state index contributed by atoms with van der Waals surface area (Å²) >= 11 is 0. The highest BCUT2D eigenvalue weighted by Gasteiger charge is 2.16. The molecule has 1 unspecified atom stereocenters. The van der Waals surface area contributed by atoms with Gasteiger partial charge in [0.1, 0.15) is 0 Å². The zero-order valence-electron chi connectivity index (χ0n) is 10.5. The molecule has 0 radical (unpaired) electrons. The Hall–Kier alpha value is -0.610. The minimum Gasteiger partial charge on any atom is -0.212 e. The lowest BCUT2D eigenvalue weighted by molar-refractivity contribution is 0.559. The van der Waals surface area contributed by atoms with Gasteiger partial charge in [0.15, 0.2) is 0 Å². The first-order valence-corrected chi connectivity index (χ1v) is 7.41. The molecule has 4 heteroatoms. The average molecular weight is 245 g/mol. The molecule has 0 aromatic carbocycles.